The Kier molecular flexibility index (Phi) is 4.96. The van der Waals surface area contributed by atoms with Gasteiger partial charge in [-0.25, -0.2) is 13.1 Å². The molecule has 0 saturated carbocycles. The fourth-order valence-corrected chi connectivity index (χ4v) is 4.11. The van der Waals surface area contributed by atoms with E-state index in [2.05, 4.69) is 20.2 Å². The second-order valence-corrected chi connectivity index (χ2v) is 7.84. The molecule has 0 aliphatic heterocycles. The molecule has 1 heterocycles. The summed E-state index contributed by atoms with van der Waals surface area (Å²) in [4.78, 5) is 0.168. The summed E-state index contributed by atoms with van der Waals surface area (Å²) < 4.78 is 30.3. The maximum absolute atomic E-state index is 13.0. The monoisotopic (exact) mass is 391 g/mol. The van der Waals surface area contributed by atoms with E-state index in [4.69, 9.17) is 0 Å². The van der Waals surface area contributed by atoms with Crippen LogP contribution in [0.4, 0.5) is 0 Å². The molecule has 0 amide bonds. The Morgan fingerprint density at radius 2 is 1.36 bits per heavy atom. The molecule has 8 heteroatoms. The fourth-order valence-electron chi connectivity index (χ4n) is 2.90. The van der Waals surface area contributed by atoms with Gasteiger partial charge in [0.05, 0.1) is 16.6 Å². The van der Waals surface area contributed by atoms with E-state index in [1.165, 1.54) is 23.1 Å². The van der Waals surface area contributed by atoms with Gasteiger partial charge in [0, 0.05) is 0 Å². The van der Waals surface area contributed by atoms with Crippen LogP contribution < -0.4 is 4.72 Å². The van der Waals surface area contributed by atoms with Crippen LogP contribution in [0.5, 0.6) is 0 Å². The Morgan fingerprint density at radius 1 is 0.786 bits per heavy atom. The van der Waals surface area contributed by atoms with Gasteiger partial charge in [-0.3, -0.25) is 0 Å². The van der Waals surface area contributed by atoms with Crippen LogP contribution in [0.25, 0.3) is 5.69 Å². The van der Waals surface area contributed by atoms with Crippen molar-refractivity contribution in [1.29, 1.82) is 0 Å². The summed E-state index contributed by atoms with van der Waals surface area (Å²) in [6.07, 6.45) is 1.45. The number of hydrogen-bond donors (Lipinski definition) is 1. The highest BCUT2D eigenvalue weighted by Crippen LogP contribution is 2.24. The van der Waals surface area contributed by atoms with Crippen LogP contribution in [-0.4, -0.2) is 28.6 Å². The lowest BCUT2D eigenvalue weighted by Crippen LogP contribution is -2.29. The average Bonchev–Trinajstić information content (AvgIpc) is 3.28. The summed E-state index contributed by atoms with van der Waals surface area (Å²) in [6, 6.07) is 24.9. The van der Waals surface area contributed by atoms with Crippen molar-refractivity contribution in [2.24, 2.45) is 0 Å². The number of nitrogens with one attached hydrogen (secondary N) is 1. The van der Waals surface area contributed by atoms with Gasteiger partial charge >= 0.3 is 0 Å². The van der Waals surface area contributed by atoms with Crippen LogP contribution in [0.3, 0.4) is 0 Å². The van der Waals surface area contributed by atoms with Crippen molar-refractivity contribution in [2.45, 2.75) is 10.9 Å². The first kappa shape index (κ1) is 18.0. The lowest BCUT2D eigenvalue weighted by Gasteiger charge is -2.20. The molecule has 0 spiro atoms. The van der Waals surface area contributed by atoms with Crippen molar-refractivity contribution >= 4 is 10.0 Å². The number of tetrazole rings is 1. The number of nitrogens with zero attached hydrogens (tertiary/aromatic N) is 4. The van der Waals surface area contributed by atoms with Crippen LogP contribution in [0, 0.1) is 0 Å². The van der Waals surface area contributed by atoms with E-state index in [0.717, 1.165) is 11.1 Å². The van der Waals surface area contributed by atoms with Gasteiger partial charge in [-0.15, -0.1) is 5.10 Å². The predicted octanol–water partition coefficient (Wildman–Crippen LogP) is 2.73. The van der Waals surface area contributed by atoms with Crippen molar-refractivity contribution in [3.63, 3.8) is 0 Å². The molecule has 4 rings (SSSR count). The smallest absolute Gasteiger partial charge is 0.207 e. The first-order valence-corrected chi connectivity index (χ1v) is 10.1. The zero-order chi connectivity index (χ0) is 19.4. The normalized spacial score (nSPS) is 11.6. The van der Waals surface area contributed by atoms with Crippen molar-refractivity contribution in [1.82, 2.24) is 24.9 Å². The van der Waals surface area contributed by atoms with E-state index in [0.29, 0.717) is 5.69 Å². The van der Waals surface area contributed by atoms with Crippen LogP contribution in [-0.2, 0) is 10.0 Å². The molecule has 0 bridgehead atoms. The van der Waals surface area contributed by atoms with Gasteiger partial charge in [0.2, 0.25) is 10.0 Å². The van der Waals surface area contributed by atoms with Crippen molar-refractivity contribution in [2.75, 3.05) is 0 Å². The minimum Gasteiger partial charge on any atom is -0.207 e. The quantitative estimate of drug-likeness (QED) is 0.546. The fraction of sp³-hybridized carbons (Fsp3) is 0.0500. The molecule has 1 N–H and O–H groups in total. The minimum atomic E-state index is -3.75. The van der Waals surface area contributed by atoms with E-state index < -0.39 is 16.1 Å². The van der Waals surface area contributed by atoms with Crippen molar-refractivity contribution < 1.29 is 8.42 Å². The van der Waals surface area contributed by atoms with E-state index >= 15 is 0 Å². The Balaban J connectivity index is 1.66. The van der Waals surface area contributed by atoms with E-state index in [-0.39, 0.29) is 4.90 Å². The Morgan fingerprint density at radius 3 is 1.86 bits per heavy atom. The number of rotatable bonds is 6. The van der Waals surface area contributed by atoms with Gasteiger partial charge in [0.1, 0.15) is 6.33 Å². The molecule has 0 radical (unpaired) electrons. The minimum absolute atomic E-state index is 0.168. The maximum atomic E-state index is 13.0. The SMILES string of the molecule is O=S(=O)(NC(c1ccccc1)c1ccccc1)c1ccc(-n2cnnn2)cc1. The number of hydrogen-bond acceptors (Lipinski definition) is 5. The third-order valence-corrected chi connectivity index (χ3v) is 5.74. The van der Waals surface area contributed by atoms with Crippen molar-refractivity contribution in [3.8, 4) is 5.69 Å². The molecular weight excluding hydrogens is 374 g/mol. The van der Waals surface area contributed by atoms with Crippen LogP contribution in [0.1, 0.15) is 17.2 Å². The molecule has 4 aromatic rings. The molecule has 0 atom stereocenters. The topological polar surface area (TPSA) is 89.8 Å². The van der Waals surface area contributed by atoms with Crippen LogP contribution >= 0.6 is 0 Å². The third kappa shape index (κ3) is 3.83. The highest BCUT2D eigenvalue weighted by molar-refractivity contribution is 7.89. The van der Waals surface area contributed by atoms with Gasteiger partial charge in [-0.05, 0) is 45.8 Å². The Bertz CT molecular complexity index is 1090. The molecule has 7 nitrogen and oxygen atoms in total. The first-order valence-electron chi connectivity index (χ1n) is 8.59. The zero-order valence-corrected chi connectivity index (χ0v) is 15.6. The molecule has 0 unspecified atom stereocenters. The molecule has 0 saturated heterocycles. The molecule has 3 aromatic carbocycles. The standard InChI is InChI=1S/C20H17N5O2S/c26-28(27,19-13-11-18(12-14-19)25-15-21-23-24-25)22-20(16-7-3-1-4-8-16)17-9-5-2-6-10-17/h1-15,20,22H. The lowest BCUT2D eigenvalue weighted by atomic mass is 10.00. The summed E-state index contributed by atoms with van der Waals surface area (Å²) >= 11 is 0. The largest absolute Gasteiger partial charge is 0.241 e. The summed E-state index contributed by atoms with van der Waals surface area (Å²) in [5, 5.41) is 11.0. The van der Waals surface area contributed by atoms with Gasteiger partial charge in [-0.1, -0.05) is 60.7 Å². The Hall–Kier alpha value is -3.36. The molecule has 0 fully saturated rings. The lowest BCUT2D eigenvalue weighted by molar-refractivity contribution is 0.572. The van der Waals surface area contributed by atoms with Gasteiger partial charge in [0.15, 0.2) is 0 Å². The highest BCUT2D eigenvalue weighted by atomic mass is 32.2. The van der Waals surface area contributed by atoms with E-state index in [1.807, 2.05) is 60.7 Å². The summed E-state index contributed by atoms with van der Waals surface area (Å²) in [7, 11) is -3.75. The summed E-state index contributed by atoms with van der Waals surface area (Å²) in [6.45, 7) is 0. The van der Waals surface area contributed by atoms with Crippen LogP contribution in [0.15, 0.2) is 96.2 Å². The number of benzene rings is 3. The van der Waals surface area contributed by atoms with E-state index in [1.54, 1.807) is 12.1 Å². The molecular formula is C20H17N5O2S. The summed E-state index contributed by atoms with van der Waals surface area (Å²) in [5.74, 6) is 0. The molecule has 1 aromatic heterocycles. The predicted molar refractivity (Wildman–Crippen MR) is 104 cm³/mol. The number of sulfonamides is 1. The van der Waals surface area contributed by atoms with E-state index in [9.17, 15) is 8.42 Å². The maximum Gasteiger partial charge on any atom is 0.241 e. The molecule has 0 aliphatic carbocycles. The second-order valence-electron chi connectivity index (χ2n) is 6.12. The van der Waals surface area contributed by atoms with Crippen molar-refractivity contribution in [3.05, 3.63) is 102 Å². The highest BCUT2D eigenvalue weighted by Gasteiger charge is 2.22. The average molecular weight is 391 g/mol. The van der Waals surface area contributed by atoms with Gasteiger partial charge < -0.3 is 0 Å². The Labute approximate surface area is 162 Å². The molecule has 0 aliphatic rings. The molecule has 140 valence electrons. The number of aromatic nitrogens is 4. The zero-order valence-electron chi connectivity index (χ0n) is 14.8. The first-order chi connectivity index (χ1) is 13.6. The van der Waals surface area contributed by atoms with Crippen LogP contribution in [0.2, 0.25) is 0 Å². The van der Waals surface area contributed by atoms with Gasteiger partial charge in [-0.2, -0.15) is 4.72 Å². The second kappa shape index (κ2) is 7.71. The summed E-state index contributed by atoms with van der Waals surface area (Å²) in [5.41, 5.74) is 2.40. The third-order valence-electron chi connectivity index (χ3n) is 4.30. The molecule has 28 heavy (non-hydrogen) atoms. The van der Waals surface area contributed by atoms with Gasteiger partial charge in [0.25, 0.3) is 0 Å².